The summed E-state index contributed by atoms with van der Waals surface area (Å²) < 4.78 is 0. The molecule has 0 aromatic carbocycles. The van der Waals surface area contributed by atoms with Gasteiger partial charge in [0.05, 0.1) is 6.54 Å². The predicted octanol–water partition coefficient (Wildman–Crippen LogP) is 2.46. The second kappa shape index (κ2) is 8.40. The molecule has 3 rings (SSSR count). The maximum absolute atomic E-state index is 5.77. The number of aromatic nitrogens is 4. The minimum absolute atomic E-state index is 0.346. The standard InChI is InChI=1S/C19H29N7/c1-14(2)19-22-10-7-18(24-19)26-11-4-5-15(8-12-26)25(3)13-17-21-9-6-16(20)23-17/h6-7,9-10,14-15H,4-5,8,11-13H2,1-3H3,(H2,20,21,23)/t15-/m0/s1. The van der Waals surface area contributed by atoms with E-state index in [0.717, 1.165) is 56.4 Å². The van der Waals surface area contributed by atoms with Gasteiger partial charge in [-0.15, -0.1) is 0 Å². The molecule has 2 N–H and O–H groups in total. The van der Waals surface area contributed by atoms with Crippen molar-refractivity contribution in [1.29, 1.82) is 0 Å². The van der Waals surface area contributed by atoms with Gasteiger partial charge in [-0.25, -0.2) is 19.9 Å². The fourth-order valence-corrected chi connectivity index (χ4v) is 3.41. The van der Waals surface area contributed by atoms with Crippen molar-refractivity contribution in [2.24, 2.45) is 0 Å². The van der Waals surface area contributed by atoms with Crippen molar-refractivity contribution in [3.63, 3.8) is 0 Å². The first-order valence-electron chi connectivity index (χ1n) is 9.38. The van der Waals surface area contributed by atoms with Crippen molar-refractivity contribution in [2.75, 3.05) is 30.8 Å². The molecule has 26 heavy (non-hydrogen) atoms. The van der Waals surface area contributed by atoms with Crippen LogP contribution < -0.4 is 10.6 Å². The molecule has 0 unspecified atom stereocenters. The summed E-state index contributed by atoms with van der Waals surface area (Å²) in [6.45, 7) is 7.02. The van der Waals surface area contributed by atoms with Gasteiger partial charge in [0.25, 0.3) is 0 Å². The van der Waals surface area contributed by atoms with Crippen molar-refractivity contribution in [1.82, 2.24) is 24.8 Å². The average molecular weight is 355 g/mol. The number of rotatable bonds is 5. The Bertz CT molecular complexity index is 719. The van der Waals surface area contributed by atoms with E-state index >= 15 is 0 Å². The van der Waals surface area contributed by atoms with Crippen LogP contribution in [0.3, 0.4) is 0 Å². The zero-order valence-corrected chi connectivity index (χ0v) is 16.0. The molecule has 0 bridgehead atoms. The lowest BCUT2D eigenvalue weighted by molar-refractivity contribution is 0.212. The maximum Gasteiger partial charge on any atom is 0.144 e. The highest BCUT2D eigenvalue weighted by Gasteiger charge is 2.22. The molecular weight excluding hydrogens is 326 g/mol. The molecule has 2 aromatic heterocycles. The Hall–Kier alpha value is -2.28. The Morgan fingerprint density at radius 3 is 2.73 bits per heavy atom. The summed E-state index contributed by atoms with van der Waals surface area (Å²) in [5, 5.41) is 0. The van der Waals surface area contributed by atoms with E-state index in [4.69, 9.17) is 10.7 Å². The van der Waals surface area contributed by atoms with Crippen molar-refractivity contribution in [3.8, 4) is 0 Å². The molecule has 1 saturated heterocycles. The Labute approximate surface area is 155 Å². The van der Waals surface area contributed by atoms with Gasteiger partial charge in [0, 0.05) is 37.4 Å². The molecule has 2 aromatic rings. The average Bonchev–Trinajstić information content (AvgIpc) is 2.88. The van der Waals surface area contributed by atoms with Gasteiger partial charge in [0.1, 0.15) is 23.3 Å². The maximum atomic E-state index is 5.77. The van der Waals surface area contributed by atoms with Crippen LogP contribution in [-0.2, 0) is 6.54 Å². The summed E-state index contributed by atoms with van der Waals surface area (Å²) in [5.41, 5.74) is 5.77. The molecule has 0 amide bonds. The quantitative estimate of drug-likeness (QED) is 0.882. The van der Waals surface area contributed by atoms with Crippen LogP contribution in [0, 0.1) is 0 Å². The zero-order chi connectivity index (χ0) is 18.5. The summed E-state index contributed by atoms with van der Waals surface area (Å²) in [6, 6.07) is 4.26. The van der Waals surface area contributed by atoms with Gasteiger partial charge in [0.2, 0.25) is 0 Å². The molecule has 7 heteroatoms. The number of hydrogen-bond acceptors (Lipinski definition) is 7. The van der Waals surface area contributed by atoms with Crippen LogP contribution in [0.15, 0.2) is 24.5 Å². The van der Waals surface area contributed by atoms with Crippen LogP contribution in [0.2, 0.25) is 0 Å². The number of nitrogens with zero attached hydrogens (tertiary/aromatic N) is 6. The number of nitrogens with two attached hydrogens (primary N) is 1. The van der Waals surface area contributed by atoms with Gasteiger partial charge in [-0.05, 0) is 38.4 Å². The summed E-state index contributed by atoms with van der Waals surface area (Å²) in [4.78, 5) is 22.5. The minimum Gasteiger partial charge on any atom is -0.384 e. The molecule has 1 aliphatic heterocycles. The largest absolute Gasteiger partial charge is 0.384 e. The summed E-state index contributed by atoms with van der Waals surface area (Å²) in [6.07, 6.45) is 7.01. The van der Waals surface area contributed by atoms with Crippen LogP contribution in [0.25, 0.3) is 0 Å². The van der Waals surface area contributed by atoms with E-state index in [9.17, 15) is 0 Å². The molecule has 1 atom stereocenters. The molecule has 1 fully saturated rings. The van der Waals surface area contributed by atoms with Crippen molar-refractivity contribution in [3.05, 3.63) is 36.2 Å². The first-order chi connectivity index (χ1) is 12.5. The smallest absolute Gasteiger partial charge is 0.144 e. The van der Waals surface area contributed by atoms with Crippen LogP contribution in [-0.4, -0.2) is 51.0 Å². The van der Waals surface area contributed by atoms with Gasteiger partial charge in [0.15, 0.2) is 0 Å². The highest BCUT2D eigenvalue weighted by Crippen LogP contribution is 2.22. The molecule has 0 aliphatic carbocycles. The van der Waals surface area contributed by atoms with E-state index in [1.165, 1.54) is 0 Å². The zero-order valence-electron chi connectivity index (χ0n) is 16.0. The van der Waals surface area contributed by atoms with Crippen molar-refractivity contribution >= 4 is 11.6 Å². The second-order valence-electron chi connectivity index (χ2n) is 7.31. The Balaban J connectivity index is 1.61. The molecular formula is C19H29N7. The fourth-order valence-electron chi connectivity index (χ4n) is 3.41. The fraction of sp³-hybridized carbons (Fsp3) is 0.579. The van der Waals surface area contributed by atoms with Gasteiger partial charge in [-0.2, -0.15) is 0 Å². The molecule has 1 aliphatic rings. The van der Waals surface area contributed by atoms with Gasteiger partial charge in [-0.3, -0.25) is 4.90 Å². The number of hydrogen-bond donors (Lipinski definition) is 1. The third-order valence-corrected chi connectivity index (χ3v) is 4.94. The summed E-state index contributed by atoms with van der Waals surface area (Å²) in [5.74, 6) is 3.62. The van der Waals surface area contributed by atoms with Crippen LogP contribution >= 0.6 is 0 Å². The molecule has 0 saturated carbocycles. The van der Waals surface area contributed by atoms with Gasteiger partial charge >= 0.3 is 0 Å². The van der Waals surface area contributed by atoms with Crippen LogP contribution in [0.5, 0.6) is 0 Å². The summed E-state index contributed by atoms with van der Waals surface area (Å²) in [7, 11) is 2.15. The first kappa shape index (κ1) is 18.5. The van der Waals surface area contributed by atoms with Gasteiger partial charge < -0.3 is 10.6 Å². The summed E-state index contributed by atoms with van der Waals surface area (Å²) >= 11 is 0. The Morgan fingerprint density at radius 1 is 1.15 bits per heavy atom. The van der Waals surface area contributed by atoms with E-state index in [1.54, 1.807) is 12.3 Å². The lowest BCUT2D eigenvalue weighted by Crippen LogP contribution is -2.33. The van der Waals surface area contributed by atoms with Crippen molar-refractivity contribution < 1.29 is 0 Å². The van der Waals surface area contributed by atoms with Crippen LogP contribution in [0.4, 0.5) is 11.6 Å². The second-order valence-corrected chi connectivity index (χ2v) is 7.31. The lowest BCUT2D eigenvalue weighted by Gasteiger charge is -2.27. The van der Waals surface area contributed by atoms with Crippen molar-refractivity contribution in [2.45, 2.75) is 51.6 Å². The van der Waals surface area contributed by atoms with E-state index < -0.39 is 0 Å². The van der Waals surface area contributed by atoms with E-state index in [0.29, 0.717) is 17.8 Å². The monoisotopic (exact) mass is 355 g/mol. The third kappa shape index (κ3) is 4.66. The molecule has 140 valence electrons. The normalized spacial score (nSPS) is 18.3. The molecule has 0 spiro atoms. The minimum atomic E-state index is 0.346. The van der Waals surface area contributed by atoms with Crippen LogP contribution in [0.1, 0.15) is 50.7 Å². The number of nitrogen functional groups attached to an aromatic ring is 1. The van der Waals surface area contributed by atoms with E-state index in [1.807, 2.05) is 12.3 Å². The number of anilines is 2. The first-order valence-corrected chi connectivity index (χ1v) is 9.38. The highest BCUT2D eigenvalue weighted by molar-refractivity contribution is 5.38. The highest BCUT2D eigenvalue weighted by atomic mass is 15.2. The molecule has 3 heterocycles. The van der Waals surface area contributed by atoms with Gasteiger partial charge in [-0.1, -0.05) is 13.8 Å². The topological polar surface area (TPSA) is 84.1 Å². The van der Waals surface area contributed by atoms with E-state index in [2.05, 4.69) is 45.6 Å². The van der Waals surface area contributed by atoms with E-state index in [-0.39, 0.29) is 0 Å². The predicted molar refractivity (Wildman–Crippen MR) is 104 cm³/mol. The Morgan fingerprint density at radius 2 is 1.96 bits per heavy atom. The lowest BCUT2D eigenvalue weighted by atomic mass is 10.1. The molecule has 0 radical (unpaired) electrons. The third-order valence-electron chi connectivity index (χ3n) is 4.94. The Kier molecular flexibility index (Phi) is 5.98. The SMILES string of the molecule is CC(C)c1nccc(N2CCC[C@H](N(C)Cc3nccc(N)n3)CC2)n1. The molecule has 7 nitrogen and oxygen atoms in total.